The van der Waals surface area contributed by atoms with Crippen LogP contribution in [0, 0.1) is 11.8 Å². The van der Waals surface area contributed by atoms with Crippen LogP contribution < -0.4 is 4.74 Å². The summed E-state index contributed by atoms with van der Waals surface area (Å²) in [5, 5.41) is 20.6. The zero-order valence-electron chi connectivity index (χ0n) is 11.6. The molecular weight excluding hydrogens is 240 g/mol. The summed E-state index contributed by atoms with van der Waals surface area (Å²) < 4.78 is 5.23. The Morgan fingerprint density at radius 1 is 1.26 bits per heavy atom. The highest BCUT2D eigenvalue weighted by Crippen LogP contribution is 2.51. The molecule has 2 aliphatic carbocycles. The number of benzene rings is 1. The van der Waals surface area contributed by atoms with E-state index in [1.807, 2.05) is 6.07 Å². The van der Waals surface area contributed by atoms with Gasteiger partial charge in [-0.2, -0.15) is 0 Å². The molecule has 1 aromatic rings. The van der Waals surface area contributed by atoms with Crippen molar-refractivity contribution in [2.24, 2.45) is 11.8 Å². The molecule has 4 unspecified atom stereocenters. The van der Waals surface area contributed by atoms with Gasteiger partial charge in [-0.15, -0.1) is 0 Å². The lowest BCUT2D eigenvalue weighted by Gasteiger charge is -2.42. The van der Waals surface area contributed by atoms with Gasteiger partial charge in [0, 0.05) is 5.56 Å². The van der Waals surface area contributed by atoms with Gasteiger partial charge < -0.3 is 14.9 Å². The minimum atomic E-state index is -0.252. The average molecular weight is 262 g/mol. The number of hydrogen-bond acceptors (Lipinski definition) is 3. The molecule has 19 heavy (non-hydrogen) atoms. The Morgan fingerprint density at radius 2 is 2.05 bits per heavy atom. The van der Waals surface area contributed by atoms with E-state index in [4.69, 9.17) is 4.74 Å². The molecule has 2 aliphatic rings. The van der Waals surface area contributed by atoms with Gasteiger partial charge in [0.1, 0.15) is 0 Å². The number of aromatic hydroxyl groups is 1. The van der Waals surface area contributed by atoms with Crippen LogP contribution >= 0.6 is 0 Å². The second kappa shape index (κ2) is 4.71. The Bertz CT molecular complexity index is 483. The quantitative estimate of drug-likeness (QED) is 0.818. The molecule has 1 aromatic carbocycles. The van der Waals surface area contributed by atoms with Crippen molar-refractivity contribution < 1.29 is 14.9 Å². The number of rotatable bonds is 1. The lowest BCUT2D eigenvalue weighted by molar-refractivity contribution is 0.0386. The van der Waals surface area contributed by atoms with Crippen molar-refractivity contribution in [2.75, 3.05) is 7.11 Å². The first-order valence-electron chi connectivity index (χ1n) is 7.18. The van der Waals surface area contributed by atoms with Crippen molar-refractivity contribution in [1.29, 1.82) is 0 Å². The van der Waals surface area contributed by atoms with Crippen molar-refractivity contribution in [2.45, 2.75) is 44.6 Å². The van der Waals surface area contributed by atoms with Gasteiger partial charge in [0.25, 0.3) is 0 Å². The van der Waals surface area contributed by atoms with E-state index in [0.717, 1.165) is 24.8 Å². The zero-order chi connectivity index (χ0) is 13.6. The van der Waals surface area contributed by atoms with Crippen LogP contribution in [0.25, 0.3) is 0 Å². The van der Waals surface area contributed by atoms with Crippen LogP contribution in [-0.4, -0.2) is 23.4 Å². The third kappa shape index (κ3) is 2.00. The predicted molar refractivity (Wildman–Crippen MR) is 73.6 cm³/mol. The van der Waals surface area contributed by atoms with Crippen molar-refractivity contribution in [3.8, 4) is 11.5 Å². The molecule has 1 fully saturated rings. The molecule has 1 saturated carbocycles. The summed E-state index contributed by atoms with van der Waals surface area (Å²) >= 11 is 0. The summed E-state index contributed by atoms with van der Waals surface area (Å²) in [5.74, 6) is 2.08. The number of aliphatic hydroxyl groups excluding tert-OH is 1. The molecule has 0 heterocycles. The van der Waals surface area contributed by atoms with Crippen LogP contribution in [0.3, 0.4) is 0 Å². The molecule has 3 heteroatoms. The zero-order valence-corrected chi connectivity index (χ0v) is 11.6. The largest absolute Gasteiger partial charge is 0.504 e. The topological polar surface area (TPSA) is 49.7 Å². The van der Waals surface area contributed by atoms with E-state index in [9.17, 15) is 10.2 Å². The minimum Gasteiger partial charge on any atom is -0.504 e. The summed E-state index contributed by atoms with van der Waals surface area (Å²) in [5.41, 5.74) is 2.25. The fraction of sp³-hybridized carbons (Fsp3) is 0.625. The highest BCUT2D eigenvalue weighted by Gasteiger charge is 2.39. The summed E-state index contributed by atoms with van der Waals surface area (Å²) in [6.07, 6.45) is 3.76. The van der Waals surface area contributed by atoms with Gasteiger partial charge in [-0.3, -0.25) is 0 Å². The second-order valence-electron chi connectivity index (χ2n) is 6.11. The molecule has 3 rings (SSSR count). The monoisotopic (exact) mass is 262 g/mol. The second-order valence-corrected chi connectivity index (χ2v) is 6.11. The van der Waals surface area contributed by atoms with Gasteiger partial charge in [0.15, 0.2) is 11.5 Å². The van der Waals surface area contributed by atoms with Crippen LogP contribution in [0.5, 0.6) is 11.5 Å². The number of phenolic OH excluding ortho intramolecular Hbond substituents is 1. The Kier molecular flexibility index (Phi) is 3.17. The molecule has 0 saturated heterocycles. The SMILES string of the molecule is COc1ccc2c(c1O)C1CC(O)C(C)CC1CC2. The van der Waals surface area contributed by atoms with E-state index in [1.54, 1.807) is 7.11 Å². The maximum absolute atomic E-state index is 10.4. The number of ether oxygens (including phenoxy) is 1. The first-order valence-corrected chi connectivity index (χ1v) is 7.18. The first-order chi connectivity index (χ1) is 9.11. The van der Waals surface area contributed by atoms with E-state index in [-0.39, 0.29) is 17.8 Å². The van der Waals surface area contributed by atoms with Gasteiger partial charge in [0.05, 0.1) is 13.2 Å². The molecule has 0 bridgehead atoms. The third-order valence-corrected chi connectivity index (χ3v) is 5.04. The first kappa shape index (κ1) is 12.8. The van der Waals surface area contributed by atoms with Crippen molar-refractivity contribution in [3.05, 3.63) is 23.3 Å². The van der Waals surface area contributed by atoms with E-state index in [1.165, 1.54) is 12.0 Å². The van der Waals surface area contributed by atoms with E-state index < -0.39 is 0 Å². The molecule has 0 radical (unpaired) electrons. The Balaban J connectivity index is 2.03. The Labute approximate surface area is 114 Å². The number of hydrogen-bond donors (Lipinski definition) is 2. The Hall–Kier alpha value is -1.22. The third-order valence-electron chi connectivity index (χ3n) is 5.04. The maximum Gasteiger partial charge on any atom is 0.161 e. The van der Waals surface area contributed by atoms with Crippen LogP contribution in [0.2, 0.25) is 0 Å². The summed E-state index contributed by atoms with van der Waals surface area (Å²) in [4.78, 5) is 0. The van der Waals surface area contributed by atoms with E-state index in [2.05, 4.69) is 13.0 Å². The minimum absolute atomic E-state index is 0.252. The standard InChI is InChI=1S/C16H22O3/c1-9-7-11-4-3-10-5-6-14(19-2)16(18)15(10)12(11)8-13(9)17/h5-6,9,11-13,17-18H,3-4,7-8H2,1-2H3. The lowest BCUT2D eigenvalue weighted by Crippen LogP contribution is -2.35. The van der Waals surface area contributed by atoms with Crippen LogP contribution in [0.4, 0.5) is 0 Å². The normalized spacial score (nSPS) is 33.4. The number of phenols is 1. The van der Waals surface area contributed by atoms with Gasteiger partial charge in [0.2, 0.25) is 0 Å². The molecule has 2 N–H and O–H groups in total. The van der Waals surface area contributed by atoms with E-state index >= 15 is 0 Å². The molecule has 0 aromatic heterocycles. The highest BCUT2D eigenvalue weighted by molar-refractivity contribution is 5.53. The number of fused-ring (bicyclic) bond motifs is 3. The molecule has 0 amide bonds. The summed E-state index contributed by atoms with van der Waals surface area (Å²) in [6.45, 7) is 2.13. The van der Waals surface area contributed by atoms with Gasteiger partial charge in [-0.1, -0.05) is 13.0 Å². The molecule has 104 valence electrons. The summed E-state index contributed by atoms with van der Waals surface area (Å²) in [6, 6.07) is 3.91. The van der Waals surface area contributed by atoms with Crippen LogP contribution in [0.1, 0.15) is 43.2 Å². The number of aliphatic hydroxyl groups is 1. The van der Waals surface area contributed by atoms with Crippen LogP contribution in [-0.2, 0) is 6.42 Å². The van der Waals surface area contributed by atoms with Crippen molar-refractivity contribution >= 4 is 0 Å². The average Bonchev–Trinajstić information content (AvgIpc) is 2.40. The van der Waals surface area contributed by atoms with Gasteiger partial charge >= 0.3 is 0 Å². The Morgan fingerprint density at radius 3 is 2.79 bits per heavy atom. The fourth-order valence-corrected chi connectivity index (χ4v) is 3.92. The summed E-state index contributed by atoms with van der Waals surface area (Å²) in [7, 11) is 1.58. The highest BCUT2D eigenvalue weighted by atomic mass is 16.5. The van der Waals surface area contributed by atoms with Crippen molar-refractivity contribution in [1.82, 2.24) is 0 Å². The number of aryl methyl sites for hydroxylation is 1. The number of methoxy groups -OCH3 is 1. The predicted octanol–water partition coefficient (Wildman–Crippen LogP) is 2.84. The molecular formula is C16H22O3. The van der Waals surface area contributed by atoms with Gasteiger partial charge in [-0.05, 0) is 55.1 Å². The lowest BCUT2D eigenvalue weighted by atomic mass is 9.64. The fourth-order valence-electron chi connectivity index (χ4n) is 3.92. The van der Waals surface area contributed by atoms with Crippen LogP contribution in [0.15, 0.2) is 12.1 Å². The van der Waals surface area contributed by atoms with E-state index in [0.29, 0.717) is 17.6 Å². The smallest absolute Gasteiger partial charge is 0.161 e. The molecule has 0 aliphatic heterocycles. The molecule has 0 spiro atoms. The molecule has 3 nitrogen and oxygen atoms in total. The molecule has 4 atom stereocenters. The van der Waals surface area contributed by atoms with Gasteiger partial charge in [-0.25, -0.2) is 0 Å². The van der Waals surface area contributed by atoms with Crippen molar-refractivity contribution in [3.63, 3.8) is 0 Å². The maximum atomic E-state index is 10.4.